The van der Waals surface area contributed by atoms with Crippen LogP contribution in [-0.2, 0) is 15.7 Å². The van der Waals surface area contributed by atoms with Gasteiger partial charge in [-0.05, 0) is 25.1 Å². The number of ether oxygens (including phenoxy) is 2. The lowest BCUT2D eigenvalue weighted by atomic mass is 10.1. The maximum Gasteiger partial charge on any atom is 0.416 e. The summed E-state index contributed by atoms with van der Waals surface area (Å²) in [6.07, 6.45) is -4.44. The highest BCUT2D eigenvalue weighted by Crippen LogP contribution is 2.32. The Morgan fingerprint density at radius 1 is 0.947 bits per heavy atom. The molecule has 0 spiro atoms. The largest absolute Gasteiger partial charge is 0.460 e. The normalized spacial score (nSPS) is 13.9. The number of esters is 1. The molecule has 0 aliphatic carbocycles. The van der Waals surface area contributed by atoms with Gasteiger partial charge in [-0.2, -0.15) is 13.2 Å². The average Bonchev–Trinajstić information content (AvgIpc) is 2.92. The highest BCUT2D eigenvalue weighted by molar-refractivity contribution is 6.05. The molecule has 1 saturated heterocycles. The number of carbonyl (C=O) groups excluding carboxylic acids is 2. The van der Waals surface area contributed by atoms with E-state index < -0.39 is 23.6 Å². The molecule has 11 heteroatoms. The molecule has 2 aromatic carbocycles. The number of aryl methyl sites for hydroxylation is 1. The third-order valence-corrected chi connectivity index (χ3v) is 6.15. The topological polar surface area (TPSA) is 84.9 Å². The zero-order chi connectivity index (χ0) is 27.3. The van der Waals surface area contributed by atoms with Crippen LogP contribution in [0.15, 0.2) is 54.6 Å². The molecule has 8 nitrogen and oxygen atoms in total. The van der Waals surface area contributed by atoms with Crippen molar-refractivity contribution in [2.75, 3.05) is 51.4 Å². The number of alkyl halides is 3. The van der Waals surface area contributed by atoms with Crippen molar-refractivity contribution >= 4 is 17.6 Å². The van der Waals surface area contributed by atoms with Gasteiger partial charge in [-0.25, -0.2) is 14.8 Å². The summed E-state index contributed by atoms with van der Waals surface area (Å²) in [5, 5.41) is 0. The van der Waals surface area contributed by atoms with E-state index in [4.69, 9.17) is 9.47 Å². The summed E-state index contributed by atoms with van der Waals surface area (Å²) >= 11 is 0. The predicted octanol–water partition coefficient (Wildman–Crippen LogP) is 4.24. The van der Waals surface area contributed by atoms with Gasteiger partial charge in [-0.3, -0.25) is 4.79 Å². The van der Waals surface area contributed by atoms with Crippen LogP contribution in [0.4, 0.5) is 18.9 Å². The second-order valence-electron chi connectivity index (χ2n) is 8.68. The average molecular weight is 529 g/mol. The third-order valence-electron chi connectivity index (χ3n) is 6.15. The summed E-state index contributed by atoms with van der Waals surface area (Å²) in [5.41, 5.74) is 0.580. The highest BCUT2D eigenvalue weighted by Gasteiger charge is 2.33. The Labute approximate surface area is 218 Å². The number of rotatable bonds is 7. The zero-order valence-corrected chi connectivity index (χ0v) is 21.0. The highest BCUT2D eigenvalue weighted by atomic mass is 19.4. The summed E-state index contributed by atoms with van der Waals surface area (Å²) in [7, 11) is 1.48. The molecule has 0 saturated carbocycles. The molecule has 0 bridgehead atoms. The van der Waals surface area contributed by atoms with Gasteiger partial charge in [0.1, 0.15) is 17.9 Å². The number of methoxy groups -OCH3 is 1. The minimum atomic E-state index is -4.44. The van der Waals surface area contributed by atoms with Gasteiger partial charge in [0.25, 0.3) is 5.91 Å². The van der Waals surface area contributed by atoms with E-state index in [-0.39, 0.29) is 37.6 Å². The molecule has 3 aromatic rings. The van der Waals surface area contributed by atoms with Crippen molar-refractivity contribution in [1.82, 2.24) is 14.9 Å². The summed E-state index contributed by atoms with van der Waals surface area (Å²) in [6, 6.07) is 14.2. The number of benzene rings is 2. The fourth-order valence-electron chi connectivity index (χ4n) is 4.17. The molecule has 200 valence electrons. The Morgan fingerprint density at radius 3 is 2.32 bits per heavy atom. The van der Waals surface area contributed by atoms with Crippen LogP contribution in [0, 0.1) is 6.92 Å². The number of anilines is 1. The molecule has 1 aliphatic rings. The van der Waals surface area contributed by atoms with Crippen LogP contribution in [0.1, 0.15) is 32.1 Å². The summed E-state index contributed by atoms with van der Waals surface area (Å²) in [5.74, 6) is -0.914. The van der Waals surface area contributed by atoms with Crippen molar-refractivity contribution in [3.8, 4) is 11.4 Å². The summed E-state index contributed by atoms with van der Waals surface area (Å²) in [4.78, 5) is 38.8. The first-order chi connectivity index (χ1) is 18.2. The second-order valence-corrected chi connectivity index (χ2v) is 8.68. The molecule has 38 heavy (non-hydrogen) atoms. The molecule has 1 aromatic heterocycles. The first-order valence-corrected chi connectivity index (χ1v) is 12.0. The minimum absolute atomic E-state index is 0.00148. The fraction of sp³-hybridized carbons (Fsp3) is 0.333. The van der Waals surface area contributed by atoms with Crippen LogP contribution in [0.25, 0.3) is 11.4 Å². The van der Waals surface area contributed by atoms with E-state index in [0.717, 1.165) is 12.1 Å². The van der Waals surface area contributed by atoms with Crippen molar-refractivity contribution in [3.05, 3.63) is 77.1 Å². The third kappa shape index (κ3) is 6.10. The Morgan fingerprint density at radius 2 is 1.66 bits per heavy atom. The molecule has 0 unspecified atom stereocenters. The van der Waals surface area contributed by atoms with Crippen LogP contribution in [-0.4, -0.2) is 73.2 Å². The monoisotopic (exact) mass is 528 g/mol. The Hall–Kier alpha value is -3.99. The number of nitrogens with zero attached hydrogens (tertiary/aromatic N) is 4. The molecule has 4 rings (SSSR count). The minimum Gasteiger partial charge on any atom is -0.460 e. The van der Waals surface area contributed by atoms with Gasteiger partial charge in [0.15, 0.2) is 5.82 Å². The lowest BCUT2D eigenvalue weighted by Crippen LogP contribution is -2.49. The maximum absolute atomic E-state index is 13.7. The Balaban J connectivity index is 1.59. The van der Waals surface area contributed by atoms with Crippen LogP contribution in [0.3, 0.4) is 0 Å². The summed E-state index contributed by atoms with van der Waals surface area (Å²) < 4.78 is 49.7. The van der Waals surface area contributed by atoms with E-state index in [1.54, 1.807) is 30.0 Å². The summed E-state index contributed by atoms with van der Waals surface area (Å²) in [6.45, 7) is 2.90. The molecule has 0 radical (unpaired) electrons. The first kappa shape index (κ1) is 27.1. The Kier molecular flexibility index (Phi) is 8.26. The number of hydrogen-bond acceptors (Lipinski definition) is 7. The predicted molar refractivity (Wildman–Crippen MR) is 134 cm³/mol. The standard InChI is InChI=1S/C27H27F3N4O4/c1-18-22(26(36)38-16-15-37-2)23(32-24(31-18)19-7-4-3-5-8-19)25(35)34-13-11-33(12-14-34)21-10-6-9-20(17-21)27(28,29)30/h3-10,17H,11-16H2,1-2H3. The number of aromatic nitrogens is 2. The fourth-order valence-corrected chi connectivity index (χ4v) is 4.17. The van der Waals surface area contributed by atoms with Gasteiger partial charge in [0.2, 0.25) is 0 Å². The van der Waals surface area contributed by atoms with E-state index in [1.807, 2.05) is 18.2 Å². The molecule has 0 atom stereocenters. The van der Waals surface area contributed by atoms with Crippen LogP contribution < -0.4 is 4.90 Å². The maximum atomic E-state index is 13.7. The van der Waals surface area contributed by atoms with Crippen molar-refractivity contribution in [3.63, 3.8) is 0 Å². The van der Waals surface area contributed by atoms with Gasteiger partial charge in [-0.15, -0.1) is 0 Å². The van der Waals surface area contributed by atoms with Gasteiger partial charge in [-0.1, -0.05) is 36.4 Å². The van der Waals surface area contributed by atoms with Crippen molar-refractivity contribution in [2.45, 2.75) is 13.1 Å². The quantitative estimate of drug-likeness (QED) is 0.335. The first-order valence-electron chi connectivity index (χ1n) is 12.0. The second kappa shape index (κ2) is 11.6. The number of carbonyl (C=O) groups is 2. The van der Waals surface area contributed by atoms with Crippen molar-refractivity contribution < 1.29 is 32.2 Å². The lowest BCUT2D eigenvalue weighted by molar-refractivity contribution is -0.137. The number of piperazine rings is 1. The molecular formula is C27H27F3N4O4. The van der Waals surface area contributed by atoms with Crippen molar-refractivity contribution in [2.24, 2.45) is 0 Å². The van der Waals surface area contributed by atoms with E-state index in [9.17, 15) is 22.8 Å². The molecule has 0 N–H and O–H groups in total. The van der Waals surface area contributed by atoms with Gasteiger partial charge in [0.05, 0.1) is 17.9 Å². The van der Waals surface area contributed by atoms with E-state index in [1.165, 1.54) is 18.1 Å². The molecular weight excluding hydrogens is 501 g/mol. The molecule has 1 amide bonds. The van der Waals surface area contributed by atoms with Crippen molar-refractivity contribution in [1.29, 1.82) is 0 Å². The smallest absolute Gasteiger partial charge is 0.416 e. The van der Waals surface area contributed by atoms with E-state index in [2.05, 4.69) is 9.97 Å². The lowest BCUT2D eigenvalue weighted by Gasteiger charge is -2.36. The van der Waals surface area contributed by atoms with Crippen LogP contribution in [0.5, 0.6) is 0 Å². The SMILES string of the molecule is COCCOC(=O)c1c(C)nc(-c2ccccc2)nc1C(=O)N1CCN(c2cccc(C(F)(F)F)c2)CC1. The van der Waals surface area contributed by atoms with Crippen LogP contribution >= 0.6 is 0 Å². The van der Waals surface area contributed by atoms with Crippen LogP contribution in [0.2, 0.25) is 0 Å². The number of hydrogen-bond donors (Lipinski definition) is 0. The van der Waals surface area contributed by atoms with Gasteiger partial charge >= 0.3 is 12.1 Å². The van der Waals surface area contributed by atoms with Gasteiger partial charge in [0, 0.05) is 44.5 Å². The van der Waals surface area contributed by atoms with Gasteiger partial charge < -0.3 is 19.3 Å². The number of halogens is 3. The Bertz CT molecular complexity index is 1290. The molecule has 1 fully saturated rings. The van der Waals surface area contributed by atoms with E-state index in [0.29, 0.717) is 35.9 Å². The zero-order valence-electron chi connectivity index (χ0n) is 21.0. The van der Waals surface area contributed by atoms with E-state index >= 15 is 0 Å². The number of amides is 1. The molecule has 1 aliphatic heterocycles. The molecule has 2 heterocycles.